The molecule has 0 amide bonds. The van der Waals surface area contributed by atoms with Crippen LogP contribution in [0.2, 0.25) is 0 Å². The number of nitrogens with zero attached hydrogens (tertiary/aromatic N) is 1. The van der Waals surface area contributed by atoms with E-state index in [1.54, 1.807) is 36.4 Å². The van der Waals surface area contributed by atoms with Crippen molar-refractivity contribution in [1.29, 1.82) is 5.26 Å². The third-order valence-corrected chi connectivity index (χ3v) is 3.68. The van der Waals surface area contributed by atoms with Crippen molar-refractivity contribution < 1.29 is 19.4 Å². The standard InChI is InChI=1S/C21H19NO4/c1-2-5-15-8-10-16(11-9-15)21(25)18(13-22)12-17-6-3-4-7-19(17)26-14-20(23)24/h3-4,6-12H,2,5,14H2,1H3,(H,23,24)/p-1/b18-12+. The number of ether oxygens (including phenoxy) is 1. The highest BCUT2D eigenvalue weighted by Gasteiger charge is 2.13. The van der Waals surface area contributed by atoms with E-state index >= 15 is 0 Å². The Kier molecular flexibility index (Phi) is 6.69. The van der Waals surface area contributed by atoms with Gasteiger partial charge < -0.3 is 14.6 Å². The summed E-state index contributed by atoms with van der Waals surface area (Å²) in [6, 6.07) is 15.6. The molecule has 0 aromatic heterocycles. The first-order valence-corrected chi connectivity index (χ1v) is 8.22. The van der Waals surface area contributed by atoms with E-state index in [2.05, 4.69) is 6.92 Å². The molecule has 0 fully saturated rings. The number of hydrogen-bond donors (Lipinski definition) is 0. The van der Waals surface area contributed by atoms with Crippen molar-refractivity contribution >= 4 is 17.8 Å². The number of Topliss-reactive ketones (excluding diaryl/α,β-unsaturated/α-hetero) is 1. The Labute approximate surface area is 152 Å². The summed E-state index contributed by atoms with van der Waals surface area (Å²) in [6.45, 7) is 1.47. The molecule has 0 atom stereocenters. The minimum absolute atomic E-state index is 0.0576. The molecule has 0 aliphatic heterocycles. The molecular weight excluding hydrogens is 330 g/mol. The van der Waals surface area contributed by atoms with Gasteiger partial charge in [-0.2, -0.15) is 5.26 Å². The molecule has 0 saturated heterocycles. The normalized spacial score (nSPS) is 10.8. The minimum atomic E-state index is -1.35. The SMILES string of the molecule is CCCc1ccc(C(=O)/C(C#N)=C/c2ccccc2OCC(=O)[O-])cc1. The Morgan fingerprint density at radius 1 is 1.15 bits per heavy atom. The minimum Gasteiger partial charge on any atom is -0.546 e. The van der Waals surface area contributed by atoms with Crippen LogP contribution in [0.4, 0.5) is 0 Å². The Morgan fingerprint density at radius 3 is 2.46 bits per heavy atom. The molecule has 0 aliphatic carbocycles. The fourth-order valence-electron chi connectivity index (χ4n) is 2.44. The fourth-order valence-corrected chi connectivity index (χ4v) is 2.44. The molecule has 2 aromatic carbocycles. The first-order valence-electron chi connectivity index (χ1n) is 8.22. The predicted octanol–water partition coefficient (Wildman–Crippen LogP) is 2.56. The van der Waals surface area contributed by atoms with Crippen molar-refractivity contribution in [1.82, 2.24) is 0 Å². The topological polar surface area (TPSA) is 90.2 Å². The maximum Gasteiger partial charge on any atom is 0.203 e. The van der Waals surface area contributed by atoms with Gasteiger partial charge in [-0.05, 0) is 24.1 Å². The van der Waals surface area contributed by atoms with Crippen LogP contribution in [0.25, 0.3) is 6.08 Å². The zero-order chi connectivity index (χ0) is 18.9. The number of aryl methyl sites for hydroxylation is 1. The van der Waals surface area contributed by atoms with Gasteiger partial charge in [-0.15, -0.1) is 0 Å². The van der Waals surface area contributed by atoms with Crippen LogP contribution in [0, 0.1) is 11.3 Å². The van der Waals surface area contributed by atoms with Gasteiger partial charge in [-0.1, -0.05) is 55.8 Å². The largest absolute Gasteiger partial charge is 0.546 e. The number of para-hydroxylation sites is 1. The van der Waals surface area contributed by atoms with Crippen LogP contribution >= 0.6 is 0 Å². The lowest BCUT2D eigenvalue weighted by Crippen LogP contribution is -2.29. The van der Waals surface area contributed by atoms with E-state index in [0.29, 0.717) is 11.1 Å². The van der Waals surface area contributed by atoms with Gasteiger partial charge >= 0.3 is 0 Å². The van der Waals surface area contributed by atoms with Crippen molar-refractivity contribution in [3.8, 4) is 11.8 Å². The van der Waals surface area contributed by atoms with E-state index in [4.69, 9.17) is 4.74 Å². The van der Waals surface area contributed by atoms with Crippen LogP contribution in [-0.4, -0.2) is 18.4 Å². The highest BCUT2D eigenvalue weighted by molar-refractivity contribution is 6.14. The van der Waals surface area contributed by atoms with E-state index < -0.39 is 18.4 Å². The second kappa shape index (κ2) is 9.19. The Bertz CT molecular complexity index is 860. The van der Waals surface area contributed by atoms with E-state index in [9.17, 15) is 20.0 Å². The van der Waals surface area contributed by atoms with Crippen molar-refractivity contribution in [2.45, 2.75) is 19.8 Å². The second-order valence-electron chi connectivity index (χ2n) is 5.64. The van der Waals surface area contributed by atoms with Gasteiger partial charge in [0, 0.05) is 11.1 Å². The Morgan fingerprint density at radius 2 is 1.85 bits per heavy atom. The first-order chi connectivity index (χ1) is 12.5. The number of allylic oxidation sites excluding steroid dienone is 1. The Balaban J connectivity index is 2.28. The zero-order valence-electron chi connectivity index (χ0n) is 14.4. The molecule has 0 spiro atoms. The van der Waals surface area contributed by atoms with Gasteiger partial charge in [-0.25, -0.2) is 0 Å². The van der Waals surface area contributed by atoms with E-state index in [1.807, 2.05) is 18.2 Å². The van der Waals surface area contributed by atoms with Crippen LogP contribution in [0.5, 0.6) is 5.75 Å². The molecule has 0 bridgehead atoms. The van der Waals surface area contributed by atoms with Crippen LogP contribution in [0.3, 0.4) is 0 Å². The number of benzene rings is 2. The van der Waals surface area contributed by atoms with Gasteiger partial charge in [0.1, 0.15) is 24.0 Å². The number of carbonyl (C=O) groups is 2. The molecule has 0 radical (unpaired) electrons. The van der Waals surface area contributed by atoms with Gasteiger partial charge in [0.2, 0.25) is 5.78 Å². The van der Waals surface area contributed by atoms with Gasteiger partial charge in [0.25, 0.3) is 0 Å². The summed E-state index contributed by atoms with van der Waals surface area (Å²) in [4.78, 5) is 23.2. The number of hydrogen-bond acceptors (Lipinski definition) is 5. The summed E-state index contributed by atoms with van der Waals surface area (Å²) >= 11 is 0. The molecule has 5 heteroatoms. The van der Waals surface area contributed by atoms with Crippen molar-refractivity contribution in [2.75, 3.05) is 6.61 Å². The molecule has 2 rings (SSSR count). The highest BCUT2D eigenvalue weighted by atomic mass is 16.5. The van der Waals surface area contributed by atoms with Crippen LogP contribution in [-0.2, 0) is 11.2 Å². The maximum atomic E-state index is 12.6. The molecule has 26 heavy (non-hydrogen) atoms. The lowest BCUT2D eigenvalue weighted by atomic mass is 9.99. The molecule has 2 aromatic rings. The van der Waals surface area contributed by atoms with Gasteiger partial charge in [-0.3, -0.25) is 4.79 Å². The zero-order valence-corrected chi connectivity index (χ0v) is 14.4. The average Bonchev–Trinajstić information content (AvgIpc) is 2.65. The monoisotopic (exact) mass is 348 g/mol. The third kappa shape index (κ3) is 5.05. The number of carboxylic acid groups (broad SMARTS) is 1. The summed E-state index contributed by atoms with van der Waals surface area (Å²) < 4.78 is 5.14. The molecule has 0 saturated carbocycles. The number of nitriles is 1. The lowest BCUT2D eigenvalue weighted by Gasteiger charge is -2.10. The highest BCUT2D eigenvalue weighted by Crippen LogP contribution is 2.22. The number of ketones is 1. The van der Waals surface area contributed by atoms with Gasteiger partial charge in [0.15, 0.2) is 0 Å². The summed E-state index contributed by atoms with van der Waals surface area (Å²) in [5, 5.41) is 20.0. The van der Waals surface area contributed by atoms with Crippen molar-refractivity contribution in [3.05, 3.63) is 70.8 Å². The van der Waals surface area contributed by atoms with Crippen LogP contribution in [0.1, 0.15) is 34.8 Å². The quantitative estimate of drug-likeness (QED) is 0.415. The first kappa shape index (κ1) is 18.9. The summed E-state index contributed by atoms with van der Waals surface area (Å²) in [5.74, 6) is -1.49. The van der Waals surface area contributed by atoms with Crippen LogP contribution < -0.4 is 9.84 Å². The molecule has 5 nitrogen and oxygen atoms in total. The Hall–Kier alpha value is -3.39. The number of aliphatic carboxylic acids is 1. The summed E-state index contributed by atoms with van der Waals surface area (Å²) in [5.41, 5.74) is 1.94. The van der Waals surface area contributed by atoms with Crippen LogP contribution in [0.15, 0.2) is 54.1 Å². The number of carbonyl (C=O) groups excluding carboxylic acids is 2. The van der Waals surface area contributed by atoms with Crippen molar-refractivity contribution in [2.24, 2.45) is 0 Å². The fraction of sp³-hybridized carbons (Fsp3) is 0.190. The lowest BCUT2D eigenvalue weighted by molar-refractivity contribution is -0.307. The molecule has 0 unspecified atom stereocenters. The summed E-state index contributed by atoms with van der Waals surface area (Å²) in [6.07, 6.45) is 3.34. The second-order valence-corrected chi connectivity index (χ2v) is 5.64. The third-order valence-electron chi connectivity index (χ3n) is 3.68. The van der Waals surface area contributed by atoms with E-state index in [1.165, 1.54) is 6.08 Å². The molecule has 0 N–H and O–H groups in total. The number of rotatable bonds is 8. The molecule has 132 valence electrons. The molecular formula is C21H18NO4-. The summed E-state index contributed by atoms with van der Waals surface area (Å²) in [7, 11) is 0. The maximum absolute atomic E-state index is 12.6. The molecule has 0 aliphatic rings. The average molecular weight is 348 g/mol. The van der Waals surface area contributed by atoms with Crippen molar-refractivity contribution in [3.63, 3.8) is 0 Å². The predicted molar refractivity (Wildman–Crippen MR) is 95.3 cm³/mol. The van der Waals surface area contributed by atoms with Gasteiger partial charge in [0.05, 0.1) is 5.97 Å². The molecule has 0 heterocycles. The van der Waals surface area contributed by atoms with E-state index in [-0.39, 0.29) is 11.3 Å². The number of carboxylic acids is 1. The smallest absolute Gasteiger partial charge is 0.203 e. The van der Waals surface area contributed by atoms with E-state index in [0.717, 1.165) is 18.4 Å².